The number of aromatic nitrogens is 1. The zero-order valence-corrected chi connectivity index (χ0v) is 14.9. The summed E-state index contributed by atoms with van der Waals surface area (Å²) in [6, 6.07) is 13.5. The van der Waals surface area contributed by atoms with Crippen LogP contribution in [-0.4, -0.2) is 28.3 Å². The summed E-state index contributed by atoms with van der Waals surface area (Å²) in [5, 5.41) is 11.0. The molecule has 1 heterocycles. The van der Waals surface area contributed by atoms with Gasteiger partial charge < -0.3 is 9.84 Å². The van der Waals surface area contributed by atoms with Crippen molar-refractivity contribution in [1.29, 1.82) is 0 Å². The largest absolute Gasteiger partial charge is 0.466 e. The van der Waals surface area contributed by atoms with E-state index in [9.17, 15) is 9.90 Å². The molecule has 0 aliphatic heterocycles. The fourth-order valence-corrected chi connectivity index (χ4v) is 3.52. The Bertz CT molecular complexity index is 794. The summed E-state index contributed by atoms with van der Waals surface area (Å²) >= 11 is 0. The van der Waals surface area contributed by atoms with E-state index in [4.69, 9.17) is 4.74 Å². The van der Waals surface area contributed by atoms with Crippen LogP contribution in [0.25, 0.3) is 0 Å². The van der Waals surface area contributed by atoms with Crippen molar-refractivity contribution in [2.24, 2.45) is 5.92 Å². The van der Waals surface area contributed by atoms with Crippen molar-refractivity contribution >= 4 is 5.97 Å². The highest BCUT2D eigenvalue weighted by atomic mass is 16.5. The van der Waals surface area contributed by atoms with Gasteiger partial charge in [0.15, 0.2) is 0 Å². The number of hydrogen-bond donors (Lipinski definition) is 1. The summed E-state index contributed by atoms with van der Waals surface area (Å²) in [5.74, 6) is 5.48. The molecule has 1 aliphatic rings. The first kappa shape index (κ1) is 18.2. The van der Waals surface area contributed by atoms with Crippen LogP contribution < -0.4 is 0 Å². The third-order valence-corrected chi connectivity index (χ3v) is 4.83. The fourth-order valence-electron chi connectivity index (χ4n) is 3.52. The Kier molecular flexibility index (Phi) is 5.70. The number of pyridine rings is 1. The smallest absolute Gasteiger partial charge is 0.309 e. The van der Waals surface area contributed by atoms with E-state index in [-0.39, 0.29) is 17.8 Å². The third kappa shape index (κ3) is 4.30. The summed E-state index contributed by atoms with van der Waals surface area (Å²) < 4.78 is 5.27. The predicted molar refractivity (Wildman–Crippen MR) is 99.2 cm³/mol. The molecule has 4 heteroatoms. The van der Waals surface area contributed by atoms with Crippen molar-refractivity contribution in [1.82, 2.24) is 4.98 Å². The number of carbonyl (C=O) groups is 1. The van der Waals surface area contributed by atoms with Crippen LogP contribution in [0.4, 0.5) is 0 Å². The van der Waals surface area contributed by atoms with Crippen LogP contribution in [0.3, 0.4) is 0 Å². The summed E-state index contributed by atoms with van der Waals surface area (Å²) in [6.07, 6.45) is 4.78. The van der Waals surface area contributed by atoms with Crippen LogP contribution in [0.1, 0.15) is 43.2 Å². The van der Waals surface area contributed by atoms with Gasteiger partial charge in [-0.1, -0.05) is 42.2 Å². The molecule has 134 valence electrons. The van der Waals surface area contributed by atoms with E-state index in [2.05, 4.69) is 16.8 Å². The zero-order valence-electron chi connectivity index (χ0n) is 14.9. The Morgan fingerprint density at radius 1 is 1.31 bits per heavy atom. The lowest BCUT2D eigenvalue weighted by molar-refractivity contribution is -0.151. The van der Waals surface area contributed by atoms with E-state index in [1.165, 1.54) is 0 Å². The molecule has 3 rings (SSSR count). The first-order valence-corrected chi connectivity index (χ1v) is 8.98. The Morgan fingerprint density at radius 2 is 2.12 bits per heavy atom. The van der Waals surface area contributed by atoms with Crippen molar-refractivity contribution in [2.75, 3.05) is 6.61 Å². The molecular formula is C22H23NO3. The van der Waals surface area contributed by atoms with Gasteiger partial charge in [0, 0.05) is 23.9 Å². The number of benzene rings is 1. The Labute approximate surface area is 154 Å². The molecule has 1 aromatic heterocycles. The van der Waals surface area contributed by atoms with Gasteiger partial charge in [-0.25, -0.2) is 0 Å². The summed E-state index contributed by atoms with van der Waals surface area (Å²) in [6.45, 7) is 2.18. The maximum atomic E-state index is 12.4. The first-order valence-electron chi connectivity index (χ1n) is 8.98. The van der Waals surface area contributed by atoms with Crippen LogP contribution in [0, 0.1) is 17.8 Å². The third-order valence-electron chi connectivity index (χ3n) is 4.83. The molecular weight excluding hydrogens is 326 g/mol. The molecule has 1 aliphatic carbocycles. The van der Waals surface area contributed by atoms with Crippen LogP contribution in [-0.2, 0) is 9.53 Å². The molecule has 4 nitrogen and oxygen atoms in total. The second kappa shape index (κ2) is 8.16. The number of carbonyl (C=O) groups excluding carboxylic acids is 1. The van der Waals surface area contributed by atoms with Crippen molar-refractivity contribution < 1.29 is 14.6 Å². The van der Waals surface area contributed by atoms with E-state index in [0.29, 0.717) is 25.9 Å². The first-order chi connectivity index (χ1) is 12.6. The standard InChI is InChI=1S/C22H23NO3/c1-2-26-21(24)19-11-13-22(25,12-10-17-7-6-14-23-16-17)15-20(19)18-8-4-3-5-9-18/h3-9,14,16,19-20,25H,2,11,13,15H2,1H3/t19-,20+,22-/m1/s1. The predicted octanol–water partition coefficient (Wildman–Crippen LogP) is 3.31. The van der Waals surface area contributed by atoms with Crippen molar-refractivity contribution in [2.45, 2.75) is 37.7 Å². The normalized spacial score (nSPS) is 25.0. The van der Waals surface area contributed by atoms with Gasteiger partial charge in [0.05, 0.1) is 12.5 Å². The van der Waals surface area contributed by atoms with Gasteiger partial charge >= 0.3 is 5.97 Å². The number of rotatable bonds is 3. The van der Waals surface area contributed by atoms with Crippen molar-refractivity contribution in [3.8, 4) is 11.8 Å². The van der Waals surface area contributed by atoms with Crippen LogP contribution in [0.15, 0.2) is 54.9 Å². The second-order valence-electron chi connectivity index (χ2n) is 6.64. The minimum Gasteiger partial charge on any atom is -0.466 e. The summed E-state index contributed by atoms with van der Waals surface area (Å²) in [5.41, 5.74) is 0.677. The Hall–Kier alpha value is -2.64. The van der Waals surface area contributed by atoms with Crippen LogP contribution in [0.2, 0.25) is 0 Å². The molecule has 26 heavy (non-hydrogen) atoms. The topological polar surface area (TPSA) is 59.4 Å². The van der Waals surface area contributed by atoms with Gasteiger partial charge in [0.25, 0.3) is 0 Å². The quantitative estimate of drug-likeness (QED) is 0.682. The molecule has 1 aromatic carbocycles. The number of esters is 1. The molecule has 0 radical (unpaired) electrons. The van der Waals surface area contributed by atoms with Gasteiger partial charge in [-0.05, 0) is 43.9 Å². The number of aliphatic hydroxyl groups is 1. The highest BCUT2D eigenvalue weighted by Crippen LogP contribution is 2.43. The second-order valence-corrected chi connectivity index (χ2v) is 6.64. The Morgan fingerprint density at radius 3 is 2.81 bits per heavy atom. The maximum Gasteiger partial charge on any atom is 0.309 e. The van der Waals surface area contributed by atoms with Crippen LogP contribution in [0.5, 0.6) is 0 Å². The molecule has 1 fully saturated rings. The lowest BCUT2D eigenvalue weighted by Crippen LogP contribution is -2.40. The average molecular weight is 349 g/mol. The molecule has 1 N–H and O–H groups in total. The summed E-state index contributed by atoms with van der Waals surface area (Å²) in [7, 11) is 0. The number of hydrogen-bond acceptors (Lipinski definition) is 4. The lowest BCUT2D eigenvalue weighted by atomic mass is 9.69. The highest BCUT2D eigenvalue weighted by Gasteiger charge is 2.42. The van der Waals surface area contributed by atoms with E-state index < -0.39 is 5.60 Å². The molecule has 3 atom stereocenters. The minimum atomic E-state index is -1.13. The SMILES string of the molecule is CCOC(=O)[C@@H]1CC[C@](O)(C#Cc2cccnc2)C[C@H]1c1ccccc1. The van der Waals surface area contributed by atoms with Gasteiger partial charge in [-0.15, -0.1) is 0 Å². The molecule has 0 unspecified atom stereocenters. The van der Waals surface area contributed by atoms with Gasteiger partial charge in [0.2, 0.25) is 0 Å². The molecule has 0 spiro atoms. The average Bonchev–Trinajstić information content (AvgIpc) is 2.68. The van der Waals surface area contributed by atoms with Crippen molar-refractivity contribution in [3.05, 3.63) is 66.0 Å². The fraction of sp³-hybridized carbons (Fsp3) is 0.364. The minimum absolute atomic E-state index is 0.114. The van der Waals surface area contributed by atoms with Gasteiger partial charge in [-0.2, -0.15) is 0 Å². The number of nitrogens with zero attached hydrogens (tertiary/aromatic N) is 1. The lowest BCUT2D eigenvalue weighted by Gasteiger charge is -2.38. The maximum absolute atomic E-state index is 12.4. The number of ether oxygens (including phenoxy) is 1. The monoisotopic (exact) mass is 349 g/mol. The molecule has 2 aromatic rings. The molecule has 0 amide bonds. The van der Waals surface area contributed by atoms with Crippen LogP contribution >= 0.6 is 0 Å². The van der Waals surface area contributed by atoms with Gasteiger partial charge in [0.1, 0.15) is 5.60 Å². The van der Waals surface area contributed by atoms with E-state index in [0.717, 1.165) is 11.1 Å². The molecule has 0 saturated heterocycles. The zero-order chi connectivity index (χ0) is 18.4. The highest BCUT2D eigenvalue weighted by molar-refractivity contribution is 5.74. The van der Waals surface area contributed by atoms with E-state index >= 15 is 0 Å². The van der Waals surface area contributed by atoms with E-state index in [1.54, 1.807) is 12.4 Å². The Balaban J connectivity index is 1.86. The van der Waals surface area contributed by atoms with Gasteiger partial charge in [-0.3, -0.25) is 9.78 Å². The van der Waals surface area contributed by atoms with Crippen molar-refractivity contribution in [3.63, 3.8) is 0 Å². The summed E-state index contributed by atoms with van der Waals surface area (Å²) in [4.78, 5) is 16.5. The van der Waals surface area contributed by atoms with E-state index in [1.807, 2.05) is 49.4 Å². The molecule has 1 saturated carbocycles. The molecule has 0 bridgehead atoms.